The Hall–Kier alpha value is -1.73. The predicted molar refractivity (Wildman–Crippen MR) is 80.4 cm³/mol. The monoisotopic (exact) mass is 308 g/mol. The topological polar surface area (TPSA) is 68.1 Å². The molecule has 114 valence electrons. The quantitative estimate of drug-likeness (QED) is 0.835. The van der Waals surface area contributed by atoms with Gasteiger partial charge in [-0.1, -0.05) is 17.3 Å². The Morgan fingerprint density at radius 2 is 1.90 bits per heavy atom. The van der Waals surface area contributed by atoms with Crippen LogP contribution in [0.1, 0.15) is 24.2 Å². The molecule has 2 aromatic rings. The number of sulfone groups is 1. The van der Waals surface area contributed by atoms with Gasteiger partial charge in [-0.3, -0.25) is 9.58 Å². The van der Waals surface area contributed by atoms with Crippen LogP contribution in [0, 0.1) is 0 Å². The Bertz CT molecular complexity index is 707. The SMILES string of the molecule is CC(c1ccc(S(C)(=O)=O)cc1)N(C)Cc1cn(C)nn1. The molecule has 1 aromatic carbocycles. The van der Waals surface area contributed by atoms with Crippen LogP contribution in [0.2, 0.25) is 0 Å². The third-order valence-electron chi connectivity index (χ3n) is 3.51. The molecule has 0 spiro atoms. The minimum absolute atomic E-state index is 0.153. The molecule has 1 aromatic heterocycles. The highest BCUT2D eigenvalue weighted by Gasteiger charge is 2.14. The molecule has 21 heavy (non-hydrogen) atoms. The fraction of sp³-hybridized carbons (Fsp3) is 0.429. The van der Waals surface area contributed by atoms with Crippen molar-refractivity contribution in [1.82, 2.24) is 19.9 Å². The van der Waals surface area contributed by atoms with E-state index < -0.39 is 9.84 Å². The summed E-state index contributed by atoms with van der Waals surface area (Å²) >= 11 is 0. The third-order valence-corrected chi connectivity index (χ3v) is 4.64. The molecule has 7 heteroatoms. The Labute approximate surface area is 125 Å². The van der Waals surface area contributed by atoms with Crippen molar-refractivity contribution in [2.75, 3.05) is 13.3 Å². The summed E-state index contributed by atoms with van der Waals surface area (Å²) in [5.74, 6) is 0. The molecule has 6 nitrogen and oxygen atoms in total. The molecule has 0 aliphatic carbocycles. The van der Waals surface area contributed by atoms with Crippen molar-refractivity contribution in [3.05, 3.63) is 41.7 Å². The molecule has 1 heterocycles. The van der Waals surface area contributed by atoms with Crippen molar-refractivity contribution in [2.24, 2.45) is 7.05 Å². The number of rotatable bonds is 5. The zero-order valence-corrected chi connectivity index (χ0v) is 13.5. The Kier molecular flexibility index (Phi) is 4.43. The van der Waals surface area contributed by atoms with Crippen molar-refractivity contribution in [3.63, 3.8) is 0 Å². The second-order valence-corrected chi connectivity index (χ2v) is 7.33. The van der Waals surface area contributed by atoms with E-state index in [1.807, 2.05) is 32.4 Å². The first kappa shape index (κ1) is 15.7. The van der Waals surface area contributed by atoms with Crippen LogP contribution in [0.4, 0.5) is 0 Å². The summed E-state index contributed by atoms with van der Waals surface area (Å²) in [6, 6.07) is 7.16. The zero-order chi connectivity index (χ0) is 15.6. The fourth-order valence-electron chi connectivity index (χ4n) is 2.11. The molecule has 0 radical (unpaired) electrons. The van der Waals surface area contributed by atoms with Gasteiger partial charge < -0.3 is 0 Å². The van der Waals surface area contributed by atoms with Gasteiger partial charge in [0.15, 0.2) is 9.84 Å². The zero-order valence-electron chi connectivity index (χ0n) is 12.7. The van der Waals surface area contributed by atoms with Gasteiger partial charge in [-0.15, -0.1) is 5.10 Å². The van der Waals surface area contributed by atoms with Crippen molar-refractivity contribution < 1.29 is 8.42 Å². The average molecular weight is 308 g/mol. The molecule has 1 unspecified atom stereocenters. The predicted octanol–water partition coefficient (Wildman–Crippen LogP) is 1.41. The van der Waals surface area contributed by atoms with Crippen LogP contribution in [0.3, 0.4) is 0 Å². The van der Waals surface area contributed by atoms with Crippen LogP contribution in [-0.4, -0.2) is 41.6 Å². The summed E-state index contributed by atoms with van der Waals surface area (Å²) < 4.78 is 24.6. The second-order valence-electron chi connectivity index (χ2n) is 5.32. The maximum Gasteiger partial charge on any atom is 0.175 e. The molecule has 0 amide bonds. The van der Waals surface area contributed by atoms with Crippen molar-refractivity contribution in [1.29, 1.82) is 0 Å². The van der Waals surface area contributed by atoms with E-state index in [0.717, 1.165) is 11.3 Å². The van der Waals surface area contributed by atoms with Crippen LogP contribution in [-0.2, 0) is 23.4 Å². The van der Waals surface area contributed by atoms with Crippen LogP contribution in [0.5, 0.6) is 0 Å². The molecular formula is C14H20N4O2S. The van der Waals surface area contributed by atoms with Gasteiger partial charge in [-0.05, 0) is 31.7 Å². The lowest BCUT2D eigenvalue weighted by atomic mass is 10.1. The molecular weight excluding hydrogens is 288 g/mol. The number of nitrogens with zero attached hydrogens (tertiary/aromatic N) is 4. The van der Waals surface area contributed by atoms with Crippen molar-refractivity contribution in [2.45, 2.75) is 24.4 Å². The molecule has 2 rings (SSSR count). The van der Waals surface area contributed by atoms with Crippen LogP contribution < -0.4 is 0 Å². The summed E-state index contributed by atoms with van der Waals surface area (Å²) in [6.45, 7) is 2.76. The number of aromatic nitrogens is 3. The van der Waals surface area contributed by atoms with Gasteiger partial charge in [0.05, 0.1) is 10.6 Å². The van der Waals surface area contributed by atoms with E-state index in [1.165, 1.54) is 6.26 Å². The van der Waals surface area contributed by atoms with Gasteiger partial charge in [0.2, 0.25) is 0 Å². The number of benzene rings is 1. The number of aryl methyl sites for hydroxylation is 1. The van der Waals surface area contributed by atoms with Gasteiger partial charge in [0.25, 0.3) is 0 Å². The normalized spacial score (nSPS) is 13.6. The maximum atomic E-state index is 11.5. The second kappa shape index (κ2) is 5.95. The standard InChI is InChI=1S/C14H20N4O2S/c1-11(17(2)9-13-10-18(3)16-15-13)12-5-7-14(8-6-12)21(4,19)20/h5-8,10-11H,9H2,1-4H3. The van der Waals surface area contributed by atoms with E-state index in [0.29, 0.717) is 11.4 Å². The summed E-state index contributed by atoms with van der Waals surface area (Å²) in [7, 11) is 0.695. The highest BCUT2D eigenvalue weighted by molar-refractivity contribution is 7.90. The minimum atomic E-state index is -3.15. The molecule has 0 N–H and O–H groups in total. The van der Waals surface area contributed by atoms with Gasteiger partial charge in [-0.25, -0.2) is 8.42 Å². The highest BCUT2D eigenvalue weighted by Crippen LogP contribution is 2.21. The van der Waals surface area contributed by atoms with Crippen LogP contribution in [0.25, 0.3) is 0 Å². The minimum Gasteiger partial charge on any atom is -0.294 e. The smallest absolute Gasteiger partial charge is 0.175 e. The Balaban J connectivity index is 2.10. The lowest BCUT2D eigenvalue weighted by molar-refractivity contribution is 0.250. The summed E-state index contributed by atoms with van der Waals surface area (Å²) in [4.78, 5) is 2.48. The molecule has 0 aliphatic heterocycles. The molecule has 0 saturated carbocycles. The average Bonchev–Trinajstić information content (AvgIpc) is 2.82. The molecule has 0 aliphatic rings. The number of hydrogen-bond donors (Lipinski definition) is 0. The lowest BCUT2D eigenvalue weighted by Gasteiger charge is -2.24. The number of hydrogen-bond acceptors (Lipinski definition) is 5. The third kappa shape index (κ3) is 3.89. The molecule has 0 saturated heterocycles. The first-order valence-electron chi connectivity index (χ1n) is 6.63. The van der Waals surface area contributed by atoms with Gasteiger partial charge >= 0.3 is 0 Å². The van der Waals surface area contributed by atoms with E-state index in [9.17, 15) is 8.42 Å². The first-order valence-corrected chi connectivity index (χ1v) is 8.52. The van der Waals surface area contributed by atoms with Gasteiger partial charge in [-0.2, -0.15) is 0 Å². The molecule has 0 fully saturated rings. The van der Waals surface area contributed by atoms with E-state index in [2.05, 4.69) is 22.1 Å². The Morgan fingerprint density at radius 1 is 1.29 bits per heavy atom. The van der Waals surface area contributed by atoms with E-state index in [-0.39, 0.29) is 6.04 Å². The molecule has 1 atom stereocenters. The van der Waals surface area contributed by atoms with Crippen LogP contribution >= 0.6 is 0 Å². The van der Waals surface area contributed by atoms with Crippen molar-refractivity contribution >= 4 is 9.84 Å². The van der Waals surface area contributed by atoms with Gasteiger partial charge in [0, 0.05) is 32.1 Å². The van der Waals surface area contributed by atoms with Crippen LogP contribution in [0.15, 0.2) is 35.4 Å². The largest absolute Gasteiger partial charge is 0.294 e. The summed E-state index contributed by atoms with van der Waals surface area (Å²) in [6.07, 6.45) is 3.10. The van der Waals surface area contributed by atoms with Gasteiger partial charge in [0.1, 0.15) is 0 Å². The van der Waals surface area contributed by atoms with E-state index in [4.69, 9.17) is 0 Å². The summed E-state index contributed by atoms with van der Waals surface area (Å²) in [5, 5.41) is 7.98. The van der Waals surface area contributed by atoms with E-state index >= 15 is 0 Å². The Morgan fingerprint density at radius 3 is 2.38 bits per heavy atom. The lowest BCUT2D eigenvalue weighted by Crippen LogP contribution is -2.22. The fourth-order valence-corrected chi connectivity index (χ4v) is 2.74. The summed E-state index contributed by atoms with van der Waals surface area (Å²) in [5.41, 5.74) is 1.97. The highest BCUT2D eigenvalue weighted by atomic mass is 32.2. The molecule has 0 bridgehead atoms. The maximum absolute atomic E-state index is 11.5. The first-order chi connectivity index (χ1) is 9.77. The van der Waals surface area contributed by atoms with E-state index in [1.54, 1.807) is 16.8 Å². The van der Waals surface area contributed by atoms with Crippen molar-refractivity contribution in [3.8, 4) is 0 Å².